The fourth-order valence-corrected chi connectivity index (χ4v) is 4.99. The number of carbonyl (C=O) groups excluding carboxylic acids is 3. The summed E-state index contributed by atoms with van der Waals surface area (Å²) >= 11 is 0. The Hall–Kier alpha value is -3.39. The van der Waals surface area contributed by atoms with Gasteiger partial charge in [-0.15, -0.1) is 0 Å². The van der Waals surface area contributed by atoms with E-state index in [2.05, 4.69) is 4.90 Å². The van der Waals surface area contributed by atoms with Gasteiger partial charge < -0.3 is 19.3 Å². The average Bonchev–Trinajstić information content (AvgIpc) is 3.50. The molecule has 8 heteroatoms. The van der Waals surface area contributed by atoms with Crippen molar-refractivity contribution in [3.05, 3.63) is 59.2 Å². The number of rotatable bonds is 6. The molecule has 3 heterocycles. The number of amides is 3. The third-order valence-electron chi connectivity index (χ3n) is 6.87. The van der Waals surface area contributed by atoms with E-state index >= 15 is 0 Å². The number of benzene rings is 2. The maximum Gasteiger partial charge on any atom is 0.263 e. The molecule has 3 aliphatic heterocycles. The molecule has 0 saturated carbocycles. The monoisotopic (exact) mass is 463 g/mol. The lowest BCUT2D eigenvalue weighted by Crippen LogP contribution is -2.51. The van der Waals surface area contributed by atoms with E-state index in [-0.39, 0.29) is 23.8 Å². The van der Waals surface area contributed by atoms with Crippen molar-refractivity contribution in [3.63, 3.8) is 0 Å². The Morgan fingerprint density at radius 1 is 1.06 bits per heavy atom. The molecular formula is C26H29N3O5. The Morgan fingerprint density at radius 2 is 1.85 bits per heavy atom. The van der Waals surface area contributed by atoms with E-state index in [1.54, 1.807) is 13.2 Å². The van der Waals surface area contributed by atoms with Gasteiger partial charge >= 0.3 is 0 Å². The molecule has 0 aromatic heterocycles. The summed E-state index contributed by atoms with van der Waals surface area (Å²) in [5.41, 5.74) is 2.69. The summed E-state index contributed by atoms with van der Waals surface area (Å²) in [5.74, 6) is 0.304. The number of nitrogens with zero attached hydrogens (tertiary/aromatic N) is 3. The van der Waals surface area contributed by atoms with E-state index < -0.39 is 0 Å². The molecular weight excluding hydrogens is 434 g/mol. The molecule has 0 N–H and O–H groups in total. The van der Waals surface area contributed by atoms with E-state index in [9.17, 15) is 14.4 Å². The van der Waals surface area contributed by atoms with Crippen LogP contribution < -0.4 is 9.64 Å². The first kappa shape index (κ1) is 22.4. The molecule has 0 aliphatic carbocycles. The molecule has 1 atom stereocenters. The summed E-state index contributed by atoms with van der Waals surface area (Å²) in [7, 11) is 1.61. The molecule has 2 aromatic carbocycles. The minimum Gasteiger partial charge on any atom is -0.497 e. The molecule has 0 spiro atoms. The molecule has 2 fully saturated rings. The Morgan fingerprint density at radius 3 is 2.59 bits per heavy atom. The van der Waals surface area contributed by atoms with Crippen molar-refractivity contribution in [1.82, 2.24) is 9.80 Å². The fourth-order valence-electron chi connectivity index (χ4n) is 4.99. The molecule has 0 bridgehead atoms. The standard InChI is InChI=1S/C26H29N3O5/c1-33-19-6-2-5-18(17-19)10-11-29-24(30)20-7-3-8-21(23(20)26(29)32)27-12-14-28(15-13-27)25(31)22-9-4-16-34-22/h2-3,5-8,17,22H,4,9-16H2,1H3. The van der Waals surface area contributed by atoms with Gasteiger partial charge in [0.05, 0.1) is 23.9 Å². The smallest absolute Gasteiger partial charge is 0.263 e. The maximum absolute atomic E-state index is 13.3. The predicted molar refractivity (Wildman–Crippen MR) is 126 cm³/mol. The summed E-state index contributed by atoms with van der Waals surface area (Å²) in [6, 6.07) is 13.1. The molecule has 34 heavy (non-hydrogen) atoms. The van der Waals surface area contributed by atoms with Gasteiger partial charge in [0.2, 0.25) is 0 Å². The van der Waals surface area contributed by atoms with Crippen LogP contribution in [0.5, 0.6) is 5.75 Å². The van der Waals surface area contributed by atoms with Gasteiger partial charge in [0.1, 0.15) is 11.9 Å². The van der Waals surface area contributed by atoms with Crippen LogP contribution in [0.25, 0.3) is 0 Å². The van der Waals surface area contributed by atoms with E-state index in [4.69, 9.17) is 9.47 Å². The van der Waals surface area contributed by atoms with Gasteiger partial charge in [-0.25, -0.2) is 0 Å². The molecule has 2 saturated heterocycles. The van der Waals surface area contributed by atoms with Gasteiger partial charge in [-0.05, 0) is 49.1 Å². The van der Waals surface area contributed by atoms with Crippen LogP contribution in [-0.4, -0.2) is 80.1 Å². The van der Waals surface area contributed by atoms with Crippen LogP contribution in [0.1, 0.15) is 39.1 Å². The van der Waals surface area contributed by atoms with E-state index in [0.717, 1.165) is 29.8 Å². The van der Waals surface area contributed by atoms with Crippen LogP contribution in [-0.2, 0) is 16.0 Å². The highest BCUT2D eigenvalue weighted by Crippen LogP contribution is 2.33. The van der Waals surface area contributed by atoms with Crippen molar-refractivity contribution in [3.8, 4) is 5.75 Å². The number of hydrogen-bond donors (Lipinski definition) is 0. The lowest BCUT2D eigenvalue weighted by Gasteiger charge is -2.37. The topological polar surface area (TPSA) is 79.4 Å². The van der Waals surface area contributed by atoms with Crippen LogP contribution in [0.2, 0.25) is 0 Å². The zero-order valence-electron chi connectivity index (χ0n) is 19.4. The lowest BCUT2D eigenvalue weighted by atomic mass is 10.1. The Kier molecular flexibility index (Phi) is 6.24. The number of ether oxygens (including phenoxy) is 2. The lowest BCUT2D eigenvalue weighted by molar-refractivity contribution is -0.141. The van der Waals surface area contributed by atoms with Gasteiger partial charge in [-0.2, -0.15) is 0 Å². The average molecular weight is 464 g/mol. The molecule has 2 aromatic rings. The van der Waals surface area contributed by atoms with Gasteiger partial charge in [-0.3, -0.25) is 19.3 Å². The number of anilines is 1. The second-order valence-electron chi connectivity index (χ2n) is 8.88. The summed E-state index contributed by atoms with van der Waals surface area (Å²) < 4.78 is 10.8. The highest BCUT2D eigenvalue weighted by molar-refractivity contribution is 6.23. The summed E-state index contributed by atoms with van der Waals surface area (Å²) in [6.45, 7) is 3.33. The van der Waals surface area contributed by atoms with Gasteiger partial charge in [0, 0.05) is 39.3 Å². The second-order valence-corrected chi connectivity index (χ2v) is 8.88. The van der Waals surface area contributed by atoms with Crippen LogP contribution in [0, 0.1) is 0 Å². The van der Waals surface area contributed by atoms with E-state index in [1.165, 1.54) is 4.90 Å². The van der Waals surface area contributed by atoms with Crippen molar-refractivity contribution >= 4 is 23.4 Å². The number of imide groups is 1. The van der Waals surface area contributed by atoms with Crippen molar-refractivity contribution in [2.75, 3.05) is 51.3 Å². The maximum atomic E-state index is 13.3. The predicted octanol–water partition coefficient (Wildman–Crippen LogP) is 2.36. The molecule has 3 amide bonds. The van der Waals surface area contributed by atoms with Gasteiger partial charge in [-0.1, -0.05) is 18.2 Å². The SMILES string of the molecule is COc1cccc(CCN2C(=O)c3cccc(N4CCN(C(=O)C5CCCO5)CC4)c3C2=O)c1. The molecule has 1 unspecified atom stereocenters. The van der Waals surface area contributed by atoms with Crippen LogP contribution in [0.15, 0.2) is 42.5 Å². The van der Waals surface area contributed by atoms with Crippen molar-refractivity contribution in [2.45, 2.75) is 25.4 Å². The fraction of sp³-hybridized carbons (Fsp3) is 0.423. The van der Waals surface area contributed by atoms with E-state index in [0.29, 0.717) is 56.9 Å². The first-order valence-corrected chi connectivity index (χ1v) is 11.8. The number of carbonyl (C=O) groups is 3. The van der Waals surface area contributed by atoms with Crippen molar-refractivity contribution in [2.24, 2.45) is 0 Å². The second kappa shape index (κ2) is 9.46. The number of methoxy groups -OCH3 is 1. The quantitative estimate of drug-likeness (QED) is 0.612. The van der Waals surface area contributed by atoms with Crippen LogP contribution >= 0.6 is 0 Å². The highest BCUT2D eigenvalue weighted by Gasteiger charge is 2.39. The van der Waals surface area contributed by atoms with Crippen molar-refractivity contribution < 1.29 is 23.9 Å². The van der Waals surface area contributed by atoms with Gasteiger partial charge in [0.25, 0.3) is 17.7 Å². The third-order valence-corrected chi connectivity index (χ3v) is 6.87. The largest absolute Gasteiger partial charge is 0.497 e. The summed E-state index contributed by atoms with van der Waals surface area (Å²) in [5, 5.41) is 0. The van der Waals surface area contributed by atoms with Crippen molar-refractivity contribution in [1.29, 1.82) is 0 Å². The van der Waals surface area contributed by atoms with E-state index in [1.807, 2.05) is 41.3 Å². The molecule has 3 aliphatic rings. The normalized spacial score (nSPS) is 20.1. The Labute approximate surface area is 199 Å². The number of hydrogen-bond acceptors (Lipinski definition) is 6. The number of fused-ring (bicyclic) bond motifs is 1. The molecule has 178 valence electrons. The highest BCUT2D eigenvalue weighted by atomic mass is 16.5. The third kappa shape index (κ3) is 4.14. The first-order valence-electron chi connectivity index (χ1n) is 11.8. The Balaban J connectivity index is 1.27. The molecule has 8 nitrogen and oxygen atoms in total. The number of piperazine rings is 1. The van der Waals surface area contributed by atoms with Gasteiger partial charge in [0.15, 0.2) is 0 Å². The van der Waals surface area contributed by atoms with Crippen LogP contribution in [0.3, 0.4) is 0 Å². The Bertz CT molecular complexity index is 1100. The molecule has 5 rings (SSSR count). The summed E-state index contributed by atoms with van der Waals surface area (Å²) in [4.78, 5) is 44.4. The molecule has 0 radical (unpaired) electrons. The minimum absolute atomic E-state index is 0.0606. The minimum atomic E-state index is -0.315. The zero-order chi connectivity index (χ0) is 23.7. The summed E-state index contributed by atoms with van der Waals surface area (Å²) in [6.07, 6.45) is 1.96. The first-order chi connectivity index (χ1) is 16.6. The van der Waals surface area contributed by atoms with Crippen LogP contribution in [0.4, 0.5) is 5.69 Å². The zero-order valence-corrected chi connectivity index (χ0v) is 19.4.